The van der Waals surface area contributed by atoms with Crippen molar-refractivity contribution in [2.75, 3.05) is 18.1 Å². The first-order chi connectivity index (χ1) is 11.7. The van der Waals surface area contributed by atoms with Gasteiger partial charge in [0.1, 0.15) is 11.3 Å². The van der Waals surface area contributed by atoms with E-state index in [-0.39, 0.29) is 28.9 Å². The Bertz CT molecular complexity index is 745. The number of para-hydroxylation sites is 1. The van der Waals surface area contributed by atoms with Crippen LogP contribution in [-0.4, -0.2) is 60.5 Å². The molecule has 8 heteroatoms. The monoisotopic (exact) mass is 369 g/mol. The molecule has 0 spiro atoms. The van der Waals surface area contributed by atoms with Gasteiger partial charge in [-0.1, -0.05) is 19.1 Å². The number of carbonyl (C=O) groups is 2. The molecule has 1 N–H and O–H groups in total. The Morgan fingerprint density at radius 2 is 2.04 bits per heavy atom. The predicted octanol–water partition coefficient (Wildman–Crippen LogP) is 1.36. The maximum absolute atomic E-state index is 12.6. The number of sulfone groups is 1. The summed E-state index contributed by atoms with van der Waals surface area (Å²) in [5.74, 6) is -1.44. The summed E-state index contributed by atoms with van der Waals surface area (Å²) >= 11 is 0. The number of benzene rings is 1. The van der Waals surface area contributed by atoms with Gasteiger partial charge >= 0.3 is 5.97 Å². The number of rotatable bonds is 6. The molecule has 0 aliphatic carbocycles. The third-order valence-corrected chi connectivity index (χ3v) is 6.16. The Morgan fingerprint density at radius 3 is 2.60 bits per heavy atom. The van der Waals surface area contributed by atoms with Gasteiger partial charge in [0.05, 0.1) is 11.5 Å². The van der Waals surface area contributed by atoms with Crippen LogP contribution in [0.2, 0.25) is 0 Å². The van der Waals surface area contributed by atoms with E-state index in [9.17, 15) is 23.1 Å². The minimum Gasteiger partial charge on any atom is -0.507 e. The SMILES string of the molecule is CCC(C)N(C(=O)COC(=O)c1ccccc1O)C1CCS(=O)(=O)C1. The highest BCUT2D eigenvalue weighted by Gasteiger charge is 2.36. The van der Waals surface area contributed by atoms with Crippen molar-refractivity contribution >= 4 is 21.7 Å². The van der Waals surface area contributed by atoms with Gasteiger partial charge < -0.3 is 14.7 Å². The molecular weight excluding hydrogens is 346 g/mol. The first kappa shape index (κ1) is 19.2. The zero-order valence-corrected chi connectivity index (χ0v) is 15.2. The van der Waals surface area contributed by atoms with Crippen molar-refractivity contribution in [2.24, 2.45) is 0 Å². The van der Waals surface area contributed by atoms with Gasteiger partial charge in [0, 0.05) is 12.1 Å². The summed E-state index contributed by atoms with van der Waals surface area (Å²) in [5.41, 5.74) is -0.0196. The predicted molar refractivity (Wildman–Crippen MR) is 92.0 cm³/mol. The highest BCUT2D eigenvalue weighted by atomic mass is 32.2. The van der Waals surface area contributed by atoms with E-state index in [1.807, 2.05) is 13.8 Å². The summed E-state index contributed by atoms with van der Waals surface area (Å²) in [6.07, 6.45) is 1.06. The van der Waals surface area contributed by atoms with Crippen LogP contribution in [0.25, 0.3) is 0 Å². The lowest BCUT2D eigenvalue weighted by atomic mass is 10.1. The van der Waals surface area contributed by atoms with Crippen LogP contribution < -0.4 is 0 Å². The summed E-state index contributed by atoms with van der Waals surface area (Å²) in [4.78, 5) is 26.1. The number of esters is 1. The number of ether oxygens (including phenoxy) is 1. The van der Waals surface area contributed by atoms with E-state index in [0.29, 0.717) is 12.8 Å². The van der Waals surface area contributed by atoms with Crippen LogP contribution in [0.1, 0.15) is 37.0 Å². The molecule has 1 aliphatic rings. The maximum Gasteiger partial charge on any atom is 0.342 e. The molecule has 0 radical (unpaired) electrons. The molecule has 1 amide bonds. The topological polar surface area (TPSA) is 101 Å². The van der Waals surface area contributed by atoms with E-state index in [4.69, 9.17) is 4.74 Å². The van der Waals surface area contributed by atoms with Crippen molar-refractivity contribution in [3.63, 3.8) is 0 Å². The standard InChI is InChI=1S/C17H23NO6S/c1-3-12(2)18(13-8-9-25(22,23)11-13)16(20)10-24-17(21)14-6-4-5-7-15(14)19/h4-7,12-13,19H,3,8-11H2,1-2H3. The van der Waals surface area contributed by atoms with Crippen LogP contribution in [0.15, 0.2) is 24.3 Å². The van der Waals surface area contributed by atoms with Crippen molar-refractivity contribution < 1.29 is 27.9 Å². The number of aromatic hydroxyl groups is 1. The Kier molecular flexibility index (Phi) is 6.05. The minimum atomic E-state index is -3.13. The molecule has 1 saturated heterocycles. The molecule has 1 heterocycles. The average Bonchev–Trinajstić information content (AvgIpc) is 2.92. The van der Waals surface area contributed by atoms with Gasteiger partial charge in [-0.3, -0.25) is 4.79 Å². The van der Waals surface area contributed by atoms with Crippen LogP contribution in [0.3, 0.4) is 0 Å². The van der Waals surface area contributed by atoms with Crippen molar-refractivity contribution in [2.45, 2.75) is 38.8 Å². The van der Waals surface area contributed by atoms with Gasteiger partial charge in [0.25, 0.3) is 5.91 Å². The summed E-state index contributed by atoms with van der Waals surface area (Å²) in [6, 6.07) is 5.35. The molecule has 0 saturated carbocycles. The van der Waals surface area contributed by atoms with E-state index in [1.165, 1.54) is 17.0 Å². The zero-order valence-electron chi connectivity index (χ0n) is 14.3. The first-order valence-electron chi connectivity index (χ1n) is 8.22. The fourth-order valence-corrected chi connectivity index (χ4v) is 4.64. The third-order valence-electron chi connectivity index (χ3n) is 4.41. The van der Waals surface area contributed by atoms with Gasteiger partial charge in [0.2, 0.25) is 0 Å². The van der Waals surface area contributed by atoms with Gasteiger partial charge in [-0.2, -0.15) is 0 Å². The molecule has 2 atom stereocenters. The Labute approximate surface area is 147 Å². The van der Waals surface area contributed by atoms with E-state index in [2.05, 4.69) is 0 Å². The zero-order chi connectivity index (χ0) is 18.6. The largest absolute Gasteiger partial charge is 0.507 e. The molecule has 1 aromatic carbocycles. The van der Waals surface area contributed by atoms with Gasteiger partial charge in [0.15, 0.2) is 16.4 Å². The van der Waals surface area contributed by atoms with E-state index >= 15 is 0 Å². The van der Waals surface area contributed by atoms with Crippen LogP contribution in [0.4, 0.5) is 0 Å². The van der Waals surface area contributed by atoms with Gasteiger partial charge in [-0.05, 0) is 31.9 Å². The Hall–Kier alpha value is -2.09. The molecular formula is C17H23NO6S. The van der Waals surface area contributed by atoms with Crippen LogP contribution in [-0.2, 0) is 19.4 Å². The molecule has 1 aliphatic heterocycles. The summed E-state index contributed by atoms with van der Waals surface area (Å²) < 4.78 is 28.5. The number of hydrogen-bond donors (Lipinski definition) is 1. The number of hydrogen-bond acceptors (Lipinski definition) is 6. The summed E-state index contributed by atoms with van der Waals surface area (Å²) in [5, 5.41) is 9.65. The fourth-order valence-electron chi connectivity index (χ4n) is 2.93. The molecule has 1 aromatic rings. The molecule has 0 aromatic heterocycles. The van der Waals surface area contributed by atoms with E-state index in [0.717, 1.165) is 0 Å². The highest BCUT2D eigenvalue weighted by molar-refractivity contribution is 7.91. The maximum atomic E-state index is 12.6. The number of phenolic OH excluding ortho intramolecular Hbond substituents is 1. The second kappa shape index (κ2) is 7.86. The number of nitrogens with zero attached hydrogens (tertiary/aromatic N) is 1. The second-order valence-corrected chi connectivity index (χ2v) is 8.44. The first-order valence-corrected chi connectivity index (χ1v) is 10.0. The van der Waals surface area contributed by atoms with Crippen molar-refractivity contribution in [1.82, 2.24) is 4.90 Å². The normalized spacial score (nSPS) is 20.0. The molecule has 7 nitrogen and oxygen atoms in total. The van der Waals surface area contributed by atoms with Crippen LogP contribution >= 0.6 is 0 Å². The quantitative estimate of drug-likeness (QED) is 0.760. The lowest BCUT2D eigenvalue weighted by molar-refractivity contribution is -0.138. The summed E-state index contributed by atoms with van der Waals surface area (Å²) in [6.45, 7) is 3.25. The van der Waals surface area contributed by atoms with Crippen molar-refractivity contribution in [1.29, 1.82) is 0 Å². The number of carbonyl (C=O) groups excluding carboxylic acids is 2. The molecule has 2 rings (SSSR count). The lowest BCUT2D eigenvalue weighted by Gasteiger charge is -2.33. The Balaban J connectivity index is 2.05. The fraction of sp³-hybridized carbons (Fsp3) is 0.529. The van der Waals surface area contributed by atoms with Gasteiger partial charge in [-0.15, -0.1) is 0 Å². The third kappa shape index (κ3) is 4.72. The van der Waals surface area contributed by atoms with Gasteiger partial charge in [-0.25, -0.2) is 13.2 Å². The minimum absolute atomic E-state index is 0.0196. The highest BCUT2D eigenvalue weighted by Crippen LogP contribution is 2.22. The van der Waals surface area contributed by atoms with E-state index < -0.39 is 34.4 Å². The number of phenols is 1. The molecule has 25 heavy (non-hydrogen) atoms. The van der Waals surface area contributed by atoms with E-state index in [1.54, 1.807) is 12.1 Å². The summed E-state index contributed by atoms with van der Waals surface area (Å²) in [7, 11) is -3.13. The second-order valence-electron chi connectivity index (χ2n) is 6.21. The molecule has 138 valence electrons. The average molecular weight is 369 g/mol. The smallest absolute Gasteiger partial charge is 0.342 e. The number of amides is 1. The molecule has 2 unspecified atom stereocenters. The Morgan fingerprint density at radius 1 is 1.36 bits per heavy atom. The van der Waals surface area contributed by atoms with Crippen molar-refractivity contribution in [3.05, 3.63) is 29.8 Å². The molecule has 1 fully saturated rings. The molecule has 0 bridgehead atoms. The lowest BCUT2D eigenvalue weighted by Crippen LogP contribution is -2.48. The van der Waals surface area contributed by atoms with Crippen LogP contribution in [0, 0.1) is 0 Å². The van der Waals surface area contributed by atoms with Crippen LogP contribution in [0.5, 0.6) is 5.75 Å². The van der Waals surface area contributed by atoms with Crippen molar-refractivity contribution in [3.8, 4) is 5.75 Å².